The van der Waals surface area contributed by atoms with E-state index in [9.17, 15) is 4.79 Å². The average Bonchev–Trinajstić information content (AvgIpc) is 3.63. The molecule has 15 nitrogen and oxygen atoms in total. The molecule has 0 aliphatic heterocycles. The molecule has 63 heavy (non-hydrogen) atoms. The number of benzene rings is 2. The first-order valence-corrected chi connectivity index (χ1v) is 23.2. The summed E-state index contributed by atoms with van der Waals surface area (Å²) in [7, 11) is 1.72. The molecule has 15 heteroatoms. The van der Waals surface area contributed by atoms with E-state index in [2.05, 4.69) is 31.2 Å². The van der Waals surface area contributed by atoms with Gasteiger partial charge in [0.05, 0.1) is 152 Å². The van der Waals surface area contributed by atoms with Gasteiger partial charge in [-0.05, 0) is 28.7 Å². The van der Waals surface area contributed by atoms with Crippen LogP contribution in [-0.4, -0.2) is 190 Å². The molecular formula is C48H79NO14. The predicted molar refractivity (Wildman–Crippen MR) is 241 cm³/mol. The van der Waals surface area contributed by atoms with Crippen LogP contribution in [0.1, 0.15) is 62.5 Å². The lowest BCUT2D eigenvalue weighted by molar-refractivity contribution is -0.0284. The average molecular weight is 894 g/mol. The number of hydrogen-bond donors (Lipinski definition) is 0. The first-order chi connectivity index (χ1) is 31.2. The molecule has 360 valence electrons. The summed E-state index contributed by atoms with van der Waals surface area (Å²) in [6.07, 6.45) is 7.29. The molecule has 3 rings (SSSR count). The maximum Gasteiger partial charge on any atom is 0.409 e. The molecule has 2 aromatic carbocycles. The lowest BCUT2D eigenvalue weighted by atomic mass is 9.98. The molecule has 0 unspecified atom stereocenters. The van der Waals surface area contributed by atoms with Crippen LogP contribution in [0.4, 0.5) is 4.79 Å². The van der Waals surface area contributed by atoms with Gasteiger partial charge in [-0.25, -0.2) is 4.79 Å². The minimum Gasteiger partial charge on any atom is -0.448 e. The van der Waals surface area contributed by atoms with Gasteiger partial charge in [-0.1, -0.05) is 87.6 Å². The Morgan fingerprint density at radius 2 is 0.714 bits per heavy atom. The van der Waals surface area contributed by atoms with Gasteiger partial charge in [0, 0.05) is 26.1 Å². The zero-order chi connectivity index (χ0) is 44.5. The van der Waals surface area contributed by atoms with Gasteiger partial charge in [0.1, 0.15) is 6.61 Å². The second-order valence-electron chi connectivity index (χ2n) is 14.8. The number of carbonyl (C=O) groups is 1. The number of hydrogen-bond acceptors (Lipinski definition) is 14. The van der Waals surface area contributed by atoms with E-state index in [1.807, 2.05) is 24.3 Å². The van der Waals surface area contributed by atoms with Gasteiger partial charge >= 0.3 is 6.09 Å². The number of ether oxygens (including phenoxy) is 13. The van der Waals surface area contributed by atoms with Gasteiger partial charge in [0.2, 0.25) is 0 Å². The Kier molecular flexibility index (Phi) is 34.3. The Hall–Kier alpha value is -2.77. The van der Waals surface area contributed by atoms with E-state index < -0.39 is 0 Å². The van der Waals surface area contributed by atoms with Crippen molar-refractivity contribution in [3.8, 4) is 11.1 Å². The molecule has 0 heterocycles. The number of fused-ring (bicyclic) bond motifs is 3. The van der Waals surface area contributed by atoms with Crippen LogP contribution in [0.5, 0.6) is 0 Å². The van der Waals surface area contributed by atoms with Crippen molar-refractivity contribution in [2.45, 2.75) is 51.4 Å². The summed E-state index contributed by atoms with van der Waals surface area (Å²) in [5, 5.41) is 0. The van der Waals surface area contributed by atoms with E-state index in [0.717, 1.165) is 13.0 Å². The van der Waals surface area contributed by atoms with E-state index in [-0.39, 0.29) is 12.0 Å². The Morgan fingerprint density at radius 1 is 0.413 bits per heavy atom. The van der Waals surface area contributed by atoms with Crippen LogP contribution in [0, 0.1) is 0 Å². The van der Waals surface area contributed by atoms with Gasteiger partial charge < -0.3 is 66.5 Å². The standard InChI is InChI=1S/C48H79NO14/c1-3-4-5-6-7-12-18-51-20-22-53-24-26-55-28-30-57-32-34-59-36-38-61-40-41-62-39-37-60-35-33-58-31-29-56-27-25-54-23-21-52-19-17-49(2)48(50)63-42-47-45-15-10-8-13-43(45)44-14-9-11-16-46(44)47/h8-11,13-16,47H,3-7,12,17-42H2,1-2H3. The Bertz CT molecular complexity index is 1310. The Labute approximate surface area is 377 Å². The fourth-order valence-electron chi connectivity index (χ4n) is 6.50. The van der Waals surface area contributed by atoms with Crippen molar-refractivity contribution in [3.63, 3.8) is 0 Å². The molecule has 0 saturated carbocycles. The minimum atomic E-state index is -0.364. The molecule has 0 radical (unpaired) electrons. The minimum absolute atomic E-state index is 0.0371. The molecule has 0 bridgehead atoms. The summed E-state index contributed by atoms with van der Waals surface area (Å²) < 4.78 is 72.2. The van der Waals surface area contributed by atoms with Gasteiger partial charge in [-0.3, -0.25) is 0 Å². The molecule has 0 fully saturated rings. The van der Waals surface area contributed by atoms with Crippen molar-refractivity contribution in [2.75, 3.05) is 179 Å². The smallest absolute Gasteiger partial charge is 0.409 e. The molecule has 1 aliphatic rings. The molecule has 0 atom stereocenters. The van der Waals surface area contributed by atoms with Gasteiger partial charge in [-0.2, -0.15) is 0 Å². The highest BCUT2D eigenvalue weighted by atomic mass is 16.6. The van der Waals surface area contributed by atoms with Gasteiger partial charge in [0.15, 0.2) is 0 Å². The van der Waals surface area contributed by atoms with E-state index >= 15 is 0 Å². The summed E-state index contributed by atoms with van der Waals surface area (Å²) in [5.74, 6) is 0.0371. The van der Waals surface area contributed by atoms with Crippen molar-refractivity contribution >= 4 is 6.09 Å². The van der Waals surface area contributed by atoms with Gasteiger partial charge in [-0.15, -0.1) is 0 Å². The third-order valence-corrected chi connectivity index (χ3v) is 9.95. The summed E-state index contributed by atoms with van der Waals surface area (Å²) in [4.78, 5) is 14.2. The molecule has 0 saturated heterocycles. The van der Waals surface area contributed by atoms with Crippen molar-refractivity contribution in [3.05, 3.63) is 59.7 Å². The molecule has 0 aromatic heterocycles. The van der Waals surface area contributed by atoms with Crippen LogP contribution in [-0.2, 0) is 61.6 Å². The van der Waals surface area contributed by atoms with Crippen LogP contribution >= 0.6 is 0 Å². The van der Waals surface area contributed by atoms with Crippen LogP contribution in [0.3, 0.4) is 0 Å². The predicted octanol–water partition coefficient (Wildman–Crippen LogP) is 6.43. The van der Waals surface area contributed by atoms with Gasteiger partial charge in [0.25, 0.3) is 0 Å². The first-order valence-electron chi connectivity index (χ1n) is 23.2. The highest BCUT2D eigenvalue weighted by molar-refractivity contribution is 5.79. The number of carbonyl (C=O) groups excluding carboxylic acids is 1. The molecule has 0 spiro atoms. The zero-order valence-electron chi connectivity index (χ0n) is 38.5. The monoisotopic (exact) mass is 894 g/mol. The second kappa shape index (κ2) is 39.6. The summed E-state index contributed by atoms with van der Waals surface area (Å²) in [6.45, 7) is 15.4. The van der Waals surface area contributed by atoms with Crippen molar-refractivity contribution in [2.24, 2.45) is 0 Å². The number of likely N-dealkylation sites (N-methyl/N-ethyl adjacent to an activating group) is 1. The Balaban J connectivity index is 0.927. The third-order valence-electron chi connectivity index (χ3n) is 9.95. The summed E-state index contributed by atoms with van der Waals surface area (Å²) in [6, 6.07) is 16.6. The summed E-state index contributed by atoms with van der Waals surface area (Å²) >= 11 is 0. The van der Waals surface area contributed by atoms with Crippen LogP contribution < -0.4 is 0 Å². The van der Waals surface area contributed by atoms with Crippen molar-refractivity contribution in [1.82, 2.24) is 4.90 Å². The molecule has 2 aromatic rings. The third kappa shape index (κ3) is 27.3. The van der Waals surface area contributed by atoms with E-state index in [1.54, 1.807) is 7.05 Å². The fraction of sp³-hybridized carbons (Fsp3) is 0.729. The van der Waals surface area contributed by atoms with E-state index in [4.69, 9.17) is 61.6 Å². The number of amides is 1. The highest BCUT2D eigenvalue weighted by Gasteiger charge is 2.29. The number of nitrogens with zero attached hydrogens (tertiary/aromatic N) is 1. The van der Waals surface area contributed by atoms with Crippen LogP contribution in [0.2, 0.25) is 0 Å². The van der Waals surface area contributed by atoms with Crippen molar-refractivity contribution in [1.29, 1.82) is 0 Å². The topological polar surface area (TPSA) is 140 Å². The maximum atomic E-state index is 12.6. The number of rotatable bonds is 45. The van der Waals surface area contributed by atoms with Crippen LogP contribution in [0.25, 0.3) is 11.1 Å². The maximum absolute atomic E-state index is 12.6. The largest absolute Gasteiger partial charge is 0.448 e. The lowest BCUT2D eigenvalue weighted by Gasteiger charge is -2.19. The number of unbranched alkanes of at least 4 members (excludes halogenated alkanes) is 5. The first kappa shape index (κ1) is 54.6. The zero-order valence-corrected chi connectivity index (χ0v) is 38.5. The molecular weight excluding hydrogens is 815 g/mol. The molecule has 0 N–H and O–H groups in total. The quantitative estimate of drug-likeness (QED) is 0.0675. The normalized spacial score (nSPS) is 12.2. The molecule has 1 amide bonds. The van der Waals surface area contributed by atoms with E-state index in [1.165, 1.54) is 59.3 Å². The second-order valence-corrected chi connectivity index (χ2v) is 14.8. The summed E-state index contributed by atoms with van der Waals surface area (Å²) in [5.41, 5.74) is 4.80. The lowest BCUT2D eigenvalue weighted by Crippen LogP contribution is -2.32. The van der Waals surface area contributed by atoms with Crippen molar-refractivity contribution < 1.29 is 66.4 Å². The highest BCUT2D eigenvalue weighted by Crippen LogP contribution is 2.44. The van der Waals surface area contributed by atoms with Crippen LogP contribution in [0.15, 0.2) is 48.5 Å². The van der Waals surface area contributed by atoms with E-state index in [0.29, 0.717) is 165 Å². The Morgan fingerprint density at radius 3 is 1.08 bits per heavy atom. The SMILES string of the molecule is CCCCCCCCOCCOCCOCCOCCOCCOCCOCCOCCOCCOCCOCCOCCN(C)C(=O)OCC1c2ccccc2-c2ccccc21. The molecule has 1 aliphatic carbocycles. The fourth-order valence-corrected chi connectivity index (χ4v) is 6.50.